The van der Waals surface area contributed by atoms with Gasteiger partial charge in [0.2, 0.25) is 11.8 Å². The first-order valence-electron chi connectivity index (χ1n) is 11.4. The molecule has 2 aromatic carbocycles. The molecule has 1 atom stereocenters. The summed E-state index contributed by atoms with van der Waals surface area (Å²) in [6.45, 7) is 3.86. The minimum Gasteiger partial charge on any atom is -0.352 e. The lowest BCUT2D eigenvalue weighted by Crippen LogP contribution is -2.51. The lowest BCUT2D eigenvalue weighted by atomic mass is 9.95. The Morgan fingerprint density at radius 2 is 1.78 bits per heavy atom. The molecule has 2 aromatic rings. The van der Waals surface area contributed by atoms with Crippen molar-refractivity contribution < 1.29 is 14.0 Å². The molecule has 1 N–H and O–H groups in total. The maximum absolute atomic E-state index is 14.3. The average molecular weight is 457 g/mol. The van der Waals surface area contributed by atoms with Crippen LogP contribution in [0, 0.1) is 12.7 Å². The first-order valence-corrected chi connectivity index (χ1v) is 12.6. The molecule has 1 unspecified atom stereocenters. The van der Waals surface area contributed by atoms with Gasteiger partial charge in [0.05, 0.1) is 5.75 Å². The zero-order valence-electron chi connectivity index (χ0n) is 19.0. The highest BCUT2D eigenvalue weighted by Gasteiger charge is 2.28. The molecular formula is C26H33FN2O2S. The first-order chi connectivity index (χ1) is 15.4. The maximum atomic E-state index is 14.3. The third kappa shape index (κ3) is 7.09. The first kappa shape index (κ1) is 24.3. The summed E-state index contributed by atoms with van der Waals surface area (Å²) in [6, 6.07) is 14.2. The minimum atomic E-state index is -0.663. The molecule has 1 aliphatic carbocycles. The van der Waals surface area contributed by atoms with Gasteiger partial charge in [-0.05, 0) is 38.3 Å². The van der Waals surface area contributed by atoms with Gasteiger partial charge in [-0.2, -0.15) is 0 Å². The van der Waals surface area contributed by atoms with Crippen LogP contribution in [0.5, 0.6) is 0 Å². The quantitative estimate of drug-likeness (QED) is 0.562. The Bertz CT molecular complexity index is 897. The molecule has 4 nitrogen and oxygen atoms in total. The van der Waals surface area contributed by atoms with Gasteiger partial charge in [-0.1, -0.05) is 67.3 Å². The van der Waals surface area contributed by atoms with Gasteiger partial charge in [-0.3, -0.25) is 9.59 Å². The number of halogens is 1. The van der Waals surface area contributed by atoms with Crippen LogP contribution in [0.1, 0.15) is 55.7 Å². The summed E-state index contributed by atoms with van der Waals surface area (Å²) < 4.78 is 14.3. The predicted molar refractivity (Wildman–Crippen MR) is 129 cm³/mol. The van der Waals surface area contributed by atoms with Crippen molar-refractivity contribution in [3.63, 3.8) is 0 Å². The van der Waals surface area contributed by atoms with Crippen molar-refractivity contribution in [2.24, 2.45) is 0 Å². The van der Waals surface area contributed by atoms with Crippen LogP contribution in [0.2, 0.25) is 0 Å². The van der Waals surface area contributed by atoms with Gasteiger partial charge in [0.25, 0.3) is 0 Å². The van der Waals surface area contributed by atoms with Gasteiger partial charge in [0.15, 0.2) is 0 Å². The third-order valence-corrected chi connectivity index (χ3v) is 7.02. The molecule has 1 saturated carbocycles. The number of hydrogen-bond donors (Lipinski definition) is 1. The van der Waals surface area contributed by atoms with E-state index in [-0.39, 0.29) is 36.0 Å². The van der Waals surface area contributed by atoms with Crippen LogP contribution in [-0.4, -0.2) is 34.6 Å². The fraction of sp³-hybridized carbons (Fsp3) is 0.462. The molecule has 2 amide bonds. The van der Waals surface area contributed by atoms with Crippen LogP contribution < -0.4 is 5.32 Å². The standard InChI is InChI=1S/C26H33FN2O2S/c1-19-12-14-21(15-13-19)17-32-18-25(30)29(16-22-8-6-7-11-24(22)27)20(2)26(31)28-23-9-4-3-5-10-23/h6-8,11-15,20,23H,3-5,9-10,16-18H2,1-2H3,(H,28,31). The molecule has 0 radical (unpaired) electrons. The van der Waals surface area contributed by atoms with Crippen molar-refractivity contribution >= 4 is 23.6 Å². The third-order valence-electron chi connectivity index (χ3n) is 6.03. The van der Waals surface area contributed by atoms with E-state index in [0.29, 0.717) is 11.3 Å². The van der Waals surface area contributed by atoms with E-state index in [1.165, 1.54) is 34.7 Å². The van der Waals surface area contributed by atoms with E-state index >= 15 is 0 Å². The van der Waals surface area contributed by atoms with Gasteiger partial charge in [0, 0.05) is 23.9 Å². The van der Waals surface area contributed by atoms with Gasteiger partial charge in [-0.15, -0.1) is 11.8 Å². The number of benzene rings is 2. The second kappa shape index (κ2) is 12.0. The molecule has 32 heavy (non-hydrogen) atoms. The van der Waals surface area contributed by atoms with Gasteiger partial charge in [-0.25, -0.2) is 4.39 Å². The van der Waals surface area contributed by atoms with Crippen LogP contribution in [-0.2, 0) is 21.9 Å². The number of aryl methyl sites for hydroxylation is 1. The van der Waals surface area contributed by atoms with Gasteiger partial charge in [0.1, 0.15) is 11.9 Å². The normalized spacial score (nSPS) is 15.2. The summed E-state index contributed by atoms with van der Waals surface area (Å²) in [7, 11) is 0. The number of carbonyl (C=O) groups is 2. The Hall–Kier alpha value is -2.34. The number of thioether (sulfide) groups is 1. The molecule has 1 fully saturated rings. The van der Waals surface area contributed by atoms with Crippen molar-refractivity contribution in [1.29, 1.82) is 0 Å². The SMILES string of the molecule is Cc1ccc(CSCC(=O)N(Cc2ccccc2F)C(C)C(=O)NC2CCCCC2)cc1. The van der Waals surface area contributed by atoms with Crippen molar-refractivity contribution in [1.82, 2.24) is 10.2 Å². The number of carbonyl (C=O) groups excluding carboxylic acids is 2. The summed E-state index contributed by atoms with van der Waals surface area (Å²) in [5, 5.41) is 3.11. The highest BCUT2D eigenvalue weighted by atomic mass is 32.2. The van der Waals surface area contributed by atoms with Crippen LogP contribution in [0.3, 0.4) is 0 Å². The summed E-state index contributed by atoms with van der Waals surface area (Å²) in [5.74, 6) is 0.269. The minimum absolute atomic E-state index is 0.0792. The molecule has 0 aliphatic heterocycles. The monoisotopic (exact) mass is 456 g/mol. The summed E-state index contributed by atoms with van der Waals surface area (Å²) in [6.07, 6.45) is 5.40. The second-order valence-corrected chi connectivity index (χ2v) is 9.60. The Labute approximate surface area is 195 Å². The highest BCUT2D eigenvalue weighted by molar-refractivity contribution is 7.99. The van der Waals surface area contributed by atoms with Crippen LogP contribution >= 0.6 is 11.8 Å². The Morgan fingerprint density at radius 3 is 2.47 bits per heavy atom. The zero-order chi connectivity index (χ0) is 22.9. The lowest BCUT2D eigenvalue weighted by molar-refractivity contribution is -0.139. The molecular weight excluding hydrogens is 423 g/mol. The Balaban J connectivity index is 1.65. The topological polar surface area (TPSA) is 49.4 Å². The summed E-state index contributed by atoms with van der Waals surface area (Å²) in [4.78, 5) is 27.6. The smallest absolute Gasteiger partial charge is 0.242 e. The molecule has 0 spiro atoms. The summed E-state index contributed by atoms with van der Waals surface area (Å²) in [5.41, 5.74) is 2.77. The maximum Gasteiger partial charge on any atom is 0.242 e. The number of amides is 2. The predicted octanol–water partition coefficient (Wildman–Crippen LogP) is 5.23. The molecule has 0 bridgehead atoms. The highest BCUT2D eigenvalue weighted by Crippen LogP contribution is 2.20. The molecule has 1 aliphatic rings. The fourth-order valence-corrected chi connectivity index (χ4v) is 4.86. The van der Waals surface area contributed by atoms with Crippen molar-refractivity contribution in [3.05, 3.63) is 71.0 Å². The van der Waals surface area contributed by atoms with E-state index in [0.717, 1.165) is 31.2 Å². The fourth-order valence-electron chi connectivity index (χ4n) is 3.98. The Kier molecular flexibility index (Phi) is 9.15. The zero-order valence-corrected chi connectivity index (χ0v) is 19.8. The van der Waals surface area contributed by atoms with Crippen molar-refractivity contribution in [2.45, 2.75) is 70.3 Å². The lowest BCUT2D eigenvalue weighted by Gasteiger charge is -2.31. The molecule has 6 heteroatoms. The van der Waals surface area contributed by atoms with E-state index in [1.54, 1.807) is 25.1 Å². The van der Waals surface area contributed by atoms with E-state index in [2.05, 4.69) is 29.6 Å². The molecule has 0 aromatic heterocycles. The van der Waals surface area contributed by atoms with Crippen LogP contribution in [0.15, 0.2) is 48.5 Å². The molecule has 0 saturated heterocycles. The number of rotatable bonds is 9. The van der Waals surface area contributed by atoms with Gasteiger partial charge < -0.3 is 10.2 Å². The van der Waals surface area contributed by atoms with E-state index < -0.39 is 6.04 Å². The number of hydrogen-bond acceptors (Lipinski definition) is 3. The average Bonchev–Trinajstić information content (AvgIpc) is 2.80. The molecule has 0 heterocycles. The largest absolute Gasteiger partial charge is 0.352 e. The van der Waals surface area contributed by atoms with E-state index in [4.69, 9.17) is 0 Å². The Morgan fingerprint density at radius 1 is 1.09 bits per heavy atom. The van der Waals surface area contributed by atoms with Gasteiger partial charge >= 0.3 is 0 Å². The van der Waals surface area contributed by atoms with Crippen LogP contribution in [0.4, 0.5) is 4.39 Å². The second-order valence-electron chi connectivity index (χ2n) is 8.61. The van der Waals surface area contributed by atoms with Crippen LogP contribution in [0.25, 0.3) is 0 Å². The van der Waals surface area contributed by atoms with E-state index in [9.17, 15) is 14.0 Å². The van der Waals surface area contributed by atoms with Crippen molar-refractivity contribution in [2.75, 3.05) is 5.75 Å². The summed E-state index contributed by atoms with van der Waals surface area (Å²) >= 11 is 1.51. The van der Waals surface area contributed by atoms with E-state index in [1.807, 2.05) is 6.92 Å². The van der Waals surface area contributed by atoms with Crippen molar-refractivity contribution in [3.8, 4) is 0 Å². The number of nitrogens with zero attached hydrogens (tertiary/aromatic N) is 1. The molecule has 3 rings (SSSR count). The molecule has 172 valence electrons. The number of nitrogens with one attached hydrogen (secondary N) is 1.